The third-order valence-electron chi connectivity index (χ3n) is 11.0. The van der Waals surface area contributed by atoms with Gasteiger partial charge in [-0.05, 0) is 73.6 Å². The lowest BCUT2D eigenvalue weighted by molar-refractivity contribution is 0.753. The Kier molecular flexibility index (Phi) is 24.9. The second-order valence-corrected chi connectivity index (χ2v) is 17.3. The summed E-state index contributed by atoms with van der Waals surface area (Å²) < 4.78 is 0. The van der Waals surface area contributed by atoms with E-state index in [0.717, 1.165) is 63.3 Å². The van der Waals surface area contributed by atoms with Crippen LogP contribution in [0.15, 0.2) is 4.99 Å². The van der Waals surface area contributed by atoms with Crippen molar-refractivity contribution in [2.75, 3.05) is 138 Å². The van der Waals surface area contributed by atoms with Gasteiger partial charge in [-0.15, -0.1) is 0 Å². The second kappa shape index (κ2) is 33.0. The predicted octanol–water partition coefficient (Wildman–Crippen LogP) is 3.64. The van der Waals surface area contributed by atoms with Crippen molar-refractivity contribution in [3.63, 3.8) is 0 Å². The fourth-order valence-electron chi connectivity index (χ4n) is 7.44. The van der Waals surface area contributed by atoms with Gasteiger partial charge in [-0.3, -0.25) is 4.99 Å². The topological polar surface area (TPSA) is 380 Å². The fourth-order valence-corrected chi connectivity index (χ4v) is 7.44. The monoisotopic (exact) mass is 1080 g/mol. The summed E-state index contributed by atoms with van der Waals surface area (Å²) in [4.78, 5) is 85.6. The Labute approximate surface area is 456 Å². The van der Waals surface area contributed by atoms with Crippen LogP contribution >= 0.6 is 0 Å². The van der Waals surface area contributed by atoms with Gasteiger partial charge in [0.05, 0.1) is 0 Å². The van der Waals surface area contributed by atoms with Gasteiger partial charge < -0.3 is 63.5 Å². The van der Waals surface area contributed by atoms with Crippen molar-refractivity contribution in [1.29, 1.82) is 0 Å². The minimum atomic E-state index is 0.439. The lowest BCUT2D eigenvalue weighted by atomic mass is 10.3. The van der Waals surface area contributed by atoms with Crippen LogP contribution in [0.3, 0.4) is 0 Å². The van der Waals surface area contributed by atoms with E-state index in [9.17, 15) is 0 Å². The van der Waals surface area contributed by atoms with Crippen molar-refractivity contribution in [3.8, 4) is 0 Å². The van der Waals surface area contributed by atoms with Gasteiger partial charge in [0.15, 0.2) is 0 Å². The quantitative estimate of drug-likeness (QED) is 0.0246. The zero-order chi connectivity index (χ0) is 55.2. The molecule has 78 heavy (non-hydrogen) atoms. The van der Waals surface area contributed by atoms with E-state index in [1.807, 2.05) is 48.5 Å². The SMILES string of the molecule is CCNc1nc(CC)nc(NCCCc2nc(NCC)nc(NCCCc3nc(NCC)nc(NCCCc4nc(NCC)nc(NCCCc5nc(NCC)nc(NCCCc6nc(=NC)nc(NCC)[nH]6)n5)n4)n3)n2)n1. The van der Waals surface area contributed by atoms with E-state index in [4.69, 9.17) is 19.9 Å². The largest absolute Gasteiger partial charge is 0.356 e. The molecule has 6 heterocycles. The Hall–Kier alpha value is -8.34. The molecule has 12 N–H and O–H groups in total. The first-order valence-electron chi connectivity index (χ1n) is 27.5. The van der Waals surface area contributed by atoms with E-state index >= 15 is 0 Å². The minimum absolute atomic E-state index is 0.439. The molecule has 0 aliphatic carbocycles. The van der Waals surface area contributed by atoms with Gasteiger partial charge in [-0.2, -0.15) is 84.7 Å². The molecule has 30 heteroatoms. The number of aryl methyl sites for hydroxylation is 6. The first kappa shape index (κ1) is 58.9. The van der Waals surface area contributed by atoms with Gasteiger partial charge >= 0.3 is 0 Å². The molecule has 0 aliphatic rings. The van der Waals surface area contributed by atoms with E-state index < -0.39 is 0 Å². The molecule has 0 fully saturated rings. The van der Waals surface area contributed by atoms with Crippen molar-refractivity contribution >= 4 is 65.4 Å². The standard InChI is InChI=1S/C48H80N30/c1-9-31-61-38(50-10-2)74-44(62-31)56-26-17-22-33-65-40(52-12-4)76-46(69-33)58-28-19-24-35-67-42(54-14-6)78-48(71-35)60-30-20-25-36-68-43(55-15-7)77-47(72-36)59-29-18-23-34-66-41(53-13-5)75-45(70-34)57-27-16-21-32-63-37(49-8)73-39(64-32)51-11-3/h9-30H2,1-8H3,(H2,49,51,63,64,73)(H2,50,56,61,62,74)(H2,52,58,65,69,76)(H2,53,57,66,70,75)(H2,54,60,67,71,78)(H2,55,59,68,72,77). The summed E-state index contributed by atoms with van der Waals surface area (Å²) in [6, 6.07) is 0. The van der Waals surface area contributed by atoms with E-state index in [2.05, 4.69) is 133 Å². The van der Waals surface area contributed by atoms with E-state index in [1.165, 1.54) is 0 Å². The number of H-pyrrole nitrogens is 1. The van der Waals surface area contributed by atoms with Gasteiger partial charge in [-0.1, -0.05) is 6.92 Å². The molecule has 0 saturated carbocycles. The third-order valence-corrected chi connectivity index (χ3v) is 11.0. The number of hydrogen-bond acceptors (Lipinski definition) is 29. The zero-order valence-electron chi connectivity index (χ0n) is 46.6. The Morgan fingerprint density at radius 3 is 0.833 bits per heavy atom. The molecule has 0 bridgehead atoms. The normalized spacial score (nSPS) is 11.3. The van der Waals surface area contributed by atoms with E-state index in [0.29, 0.717) is 185 Å². The molecule has 6 rings (SSSR count). The number of anilines is 11. The molecule has 0 aromatic carbocycles. The second-order valence-electron chi connectivity index (χ2n) is 17.3. The van der Waals surface area contributed by atoms with Crippen LogP contribution in [0.25, 0.3) is 0 Å². The average Bonchev–Trinajstić information content (AvgIpc) is 3.43. The lowest BCUT2D eigenvalue weighted by Gasteiger charge is -2.12. The summed E-state index contributed by atoms with van der Waals surface area (Å²) in [5.41, 5.74) is 0.439. The third kappa shape index (κ3) is 20.7. The van der Waals surface area contributed by atoms with Crippen molar-refractivity contribution in [1.82, 2.24) is 89.7 Å². The predicted molar refractivity (Wildman–Crippen MR) is 305 cm³/mol. The van der Waals surface area contributed by atoms with Crippen molar-refractivity contribution in [2.24, 2.45) is 4.99 Å². The highest BCUT2D eigenvalue weighted by Crippen LogP contribution is 2.14. The van der Waals surface area contributed by atoms with Crippen molar-refractivity contribution in [2.45, 2.75) is 119 Å². The molecule has 0 radical (unpaired) electrons. The van der Waals surface area contributed by atoms with Crippen molar-refractivity contribution < 1.29 is 0 Å². The number of hydrogen-bond donors (Lipinski definition) is 12. The molecular formula is C48H80N30. The summed E-state index contributed by atoms with van der Waals surface area (Å²) in [5, 5.41) is 36.1. The molecule has 6 aromatic rings. The highest BCUT2D eigenvalue weighted by Gasteiger charge is 2.13. The summed E-state index contributed by atoms with van der Waals surface area (Å²) in [6.07, 6.45) is 7.64. The first-order valence-corrected chi connectivity index (χ1v) is 27.5. The molecule has 6 aromatic heterocycles. The molecule has 30 nitrogen and oxygen atoms in total. The highest BCUT2D eigenvalue weighted by atomic mass is 15.3. The first-order chi connectivity index (χ1) is 38.2. The van der Waals surface area contributed by atoms with Gasteiger partial charge in [-0.25, -0.2) is 0 Å². The Morgan fingerprint density at radius 2 is 0.564 bits per heavy atom. The number of aromatic nitrogens is 18. The maximum atomic E-state index is 4.75. The molecule has 0 amide bonds. The van der Waals surface area contributed by atoms with Crippen LogP contribution in [-0.2, 0) is 38.5 Å². The molecule has 422 valence electrons. The molecule has 0 saturated heterocycles. The van der Waals surface area contributed by atoms with Crippen LogP contribution in [0.1, 0.15) is 116 Å². The smallest absolute Gasteiger partial charge is 0.249 e. The molecule has 0 unspecified atom stereocenters. The van der Waals surface area contributed by atoms with Crippen molar-refractivity contribution in [3.05, 3.63) is 40.6 Å². The number of aromatic amines is 1. The lowest BCUT2D eigenvalue weighted by Crippen LogP contribution is -2.20. The molecule has 0 spiro atoms. The molecule has 0 atom stereocenters. The van der Waals surface area contributed by atoms with Crippen LogP contribution in [0.2, 0.25) is 0 Å². The Balaban J connectivity index is 0.952. The minimum Gasteiger partial charge on any atom is -0.356 e. The van der Waals surface area contributed by atoms with E-state index in [-0.39, 0.29) is 0 Å². The van der Waals surface area contributed by atoms with Gasteiger partial charge in [0.1, 0.15) is 34.9 Å². The maximum absolute atomic E-state index is 4.75. The maximum Gasteiger partial charge on any atom is 0.249 e. The van der Waals surface area contributed by atoms with E-state index in [1.54, 1.807) is 7.05 Å². The summed E-state index contributed by atoms with van der Waals surface area (Å²) in [7, 11) is 1.68. The number of rotatable bonds is 38. The zero-order valence-corrected chi connectivity index (χ0v) is 46.6. The van der Waals surface area contributed by atoms with Crippen LogP contribution in [0.4, 0.5) is 65.4 Å². The van der Waals surface area contributed by atoms with Gasteiger partial charge in [0.25, 0.3) is 0 Å². The van der Waals surface area contributed by atoms with Crippen LogP contribution in [-0.4, -0.2) is 169 Å². The van der Waals surface area contributed by atoms with Crippen LogP contribution < -0.4 is 64.1 Å². The van der Waals surface area contributed by atoms with Crippen LogP contribution in [0, 0.1) is 0 Å². The Morgan fingerprint density at radius 1 is 0.295 bits per heavy atom. The summed E-state index contributed by atoms with van der Waals surface area (Å²) in [5.74, 6) is 10.1. The fraction of sp³-hybridized carbons (Fsp3) is 0.625. The van der Waals surface area contributed by atoms with Gasteiger partial charge in [0, 0.05) is 118 Å². The molecule has 0 aliphatic heterocycles. The number of nitrogens with one attached hydrogen (secondary N) is 12. The average molecular weight is 1080 g/mol. The summed E-state index contributed by atoms with van der Waals surface area (Å²) in [6.45, 7) is 21.3. The van der Waals surface area contributed by atoms with Crippen LogP contribution in [0.5, 0.6) is 0 Å². The Bertz CT molecular complexity index is 2790. The highest BCUT2D eigenvalue weighted by molar-refractivity contribution is 5.39. The summed E-state index contributed by atoms with van der Waals surface area (Å²) >= 11 is 0. The number of nitrogens with zero attached hydrogens (tertiary/aromatic N) is 18. The molecular weight excluding hydrogens is 997 g/mol. The van der Waals surface area contributed by atoms with Gasteiger partial charge in [0.2, 0.25) is 71.0 Å².